The standard InChI is InChI=1S/C39H51N4O.HI/c1-3-5-7-9-11-13-20-28-41-29-22-25-33(31-41)38-40-36(32-23-16-15-17-24-32)37-39(44)42(30-21-14-12-10-8-6-4-2)34-26-18-19-27-35(34)43(37)38;/h15-19,22-27,29,31H,3-14,20-21,28,30H2,1-2H3;1H/q+1;/p-1. The molecule has 0 aliphatic rings. The lowest BCUT2D eigenvalue weighted by atomic mass is 10.1. The highest BCUT2D eigenvalue weighted by Gasteiger charge is 2.23. The Morgan fingerprint density at radius 3 is 1.91 bits per heavy atom. The molecule has 5 nitrogen and oxygen atoms in total. The number of fused-ring (bicyclic) bond motifs is 3. The number of aromatic nitrogens is 4. The van der Waals surface area contributed by atoms with Gasteiger partial charge in [0.2, 0.25) is 0 Å². The molecule has 0 radical (unpaired) electrons. The number of imidazole rings is 1. The molecule has 5 rings (SSSR count). The average Bonchev–Trinajstić information content (AvgIpc) is 3.47. The Morgan fingerprint density at radius 2 is 1.22 bits per heavy atom. The van der Waals surface area contributed by atoms with E-state index in [1.165, 1.54) is 77.0 Å². The Balaban J connectivity index is 0.00000461. The average molecular weight is 719 g/mol. The molecular weight excluding hydrogens is 667 g/mol. The number of hydrogen-bond acceptors (Lipinski definition) is 2. The van der Waals surface area contributed by atoms with Gasteiger partial charge in [0.1, 0.15) is 17.8 Å². The third-order valence-corrected chi connectivity index (χ3v) is 8.91. The topological polar surface area (TPSA) is 43.2 Å². The van der Waals surface area contributed by atoms with Crippen LogP contribution in [0.15, 0.2) is 83.9 Å². The van der Waals surface area contributed by atoms with E-state index in [9.17, 15) is 4.79 Å². The van der Waals surface area contributed by atoms with Crippen LogP contribution in [-0.2, 0) is 13.1 Å². The summed E-state index contributed by atoms with van der Waals surface area (Å²) in [5, 5.41) is 0. The van der Waals surface area contributed by atoms with E-state index in [0.29, 0.717) is 5.52 Å². The molecule has 0 bridgehead atoms. The van der Waals surface area contributed by atoms with Crippen molar-refractivity contribution in [1.29, 1.82) is 0 Å². The van der Waals surface area contributed by atoms with Gasteiger partial charge in [0.15, 0.2) is 18.2 Å². The lowest BCUT2D eigenvalue weighted by Gasteiger charge is -2.14. The van der Waals surface area contributed by atoms with Crippen molar-refractivity contribution in [2.24, 2.45) is 0 Å². The third-order valence-electron chi connectivity index (χ3n) is 8.91. The van der Waals surface area contributed by atoms with Crippen molar-refractivity contribution in [3.05, 3.63) is 89.5 Å². The summed E-state index contributed by atoms with van der Waals surface area (Å²) in [7, 11) is 0. The number of hydrogen-bond donors (Lipinski definition) is 0. The highest BCUT2D eigenvalue weighted by Crippen LogP contribution is 2.31. The minimum Gasteiger partial charge on any atom is -1.00 e. The molecule has 0 N–H and O–H groups in total. The van der Waals surface area contributed by atoms with E-state index >= 15 is 0 Å². The van der Waals surface area contributed by atoms with Crippen LogP contribution in [0.4, 0.5) is 0 Å². The first kappa shape index (κ1) is 34.9. The van der Waals surface area contributed by atoms with Gasteiger partial charge in [-0.3, -0.25) is 9.20 Å². The van der Waals surface area contributed by atoms with Crippen LogP contribution in [-0.4, -0.2) is 14.0 Å². The molecule has 2 aromatic carbocycles. The van der Waals surface area contributed by atoms with Gasteiger partial charge in [-0.2, -0.15) is 0 Å². The fraction of sp³-hybridized carbons (Fsp3) is 0.462. The number of aryl methyl sites for hydroxylation is 2. The molecule has 0 saturated carbocycles. The maximum absolute atomic E-state index is 14.4. The van der Waals surface area contributed by atoms with E-state index in [1.54, 1.807) is 0 Å². The van der Waals surface area contributed by atoms with Gasteiger partial charge >= 0.3 is 0 Å². The van der Waals surface area contributed by atoms with Gasteiger partial charge in [-0.1, -0.05) is 127 Å². The van der Waals surface area contributed by atoms with Crippen molar-refractivity contribution in [2.75, 3.05) is 0 Å². The second-order valence-electron chi connectivity index (χ2n) is 12.4. The molecule has 240 valence electrons. The Kier molecular flexibility index (Phi) is 14.1. The zero-order valence-electron chi connectivity index (χ0n) is 27.4. The fourth-order valence-electron chi connectivity index (χ4n) is 6.46. The van der Waals surface area contributed by atoms with Crippen LogP contribution < -0.4 is 34.1 Å². The van der Waals surface area contributed by atoms with Gasteiger partial charge < -0.3 is 28.5 Å². The van der Waals surface area contributed by atoms with E-state index in [1.807, 2.05) is 28.8 Å². The van der Waals surface area contributed by atoms with E-state index in [-0.39, 0.29) is 29.5 Å². The number of rotatable bonds is 18. The molecule has 0 unspecified atom stereocenters. The molecule has 0 aliphatic carbocycles. The van der Waals surface area contributed by atoms with E-state index in [0.717, 1.165) is 59.6 Å². The summed E-state index contributed by atoms with van der Waals surface area (Å²) in [6.07, 6.45) is 22.0. The van der Waals surface area contributed by atoms with Gasteiger partial charge in [-0.05, 0) is 31.0 Å². The molecule has 0 aliphatic heterocycles. The zero-order chi connectivity index (χ0) is 30.6. The molecule has 3 heterocycles. The van der Waals surface area contributed by atoms with Gasteiger partial charge in [-0.15, -0.1) is 0 Å². The van der Waals surface area contributed by atoms with Crippen LogP contribution in [0.25, 0.3) is 39.2 Å². The molecule has 0 amide bonds. The van der Waals surface area contributed by atoms with E-state index in [2.05, 4.69) is 77.7 Å². The van der Waals surface area contributed by atoms with Gasteiger partial charge in [0, 0.05) is 24.6 Å². The molecule has 0 saturated heterocycles. The summed E-state index contributed by atoms with van der Waals surface area (Å²) in [4.78, 5) is 19.7. The normalized spacial score (nSPS) is 11.3. The molecule has 0 spiro atoms. The first-order chi connectivity index (χ1) is 21.7. The smallest absolute Gasteiger partial charge is 0.277 e. The summed E-state index contributed by atoms with van der Waals surface area (Å²) in [5.41, 5.74) is 5.46. The number of unbranched alkanes of at least 4 members (excludes halogenated alkanes) is 12. The van der Waals surface area contributed by atoms with Gasteiger partial charge in [0.25, 0.3) is 5.56 Å². The van der Waals surface area contributed by atoms with Crippen molar-refractivity contribution in [2.45, 2.75) is 117 Å². The van der Waals surface area contributed by atoms with Crippen LogP contribution in [0, 0.1) is 0 Å². The van der Waals surface area contributed by atoms with Crippen molar-refractivity contribution >= 4 is 16.6 Å². The van der Waals surface area contributed by atoms with Crippen molar-refractivity contribution in [3.63, 3.8) is 0 Å². The van der Waals surface area contributed by atoms with Gasteiger partial charge in [0.05, 0.1) is 16.6 Å². The highest BCUT2D eigenvalue weighted by atomic mass is 127. The Hall–Kier alpha value is -3.00. The molecule has 0 fully saturated rings. The third kappa shape index (κ3) is 8.84. The molecular formula is C39H51IN4O. The highest BCUT2D eigenvalue weighted by molar-refractivity contribution is 5.88. The summed E-state index contributed by atoms with van der Waals surface area (Å²) in [6, 6.07) is 22.8. The van der Waals surface area contributed by atoms with Crippen LogP contribution in [0.3, 0.4) is 0 Å². The summed E-state index contributed by atoms with van der Waals surface area (Å²) < 4.78 is 6.41. The Morgan fingerprint density at radius 1 is 0.644 bits per heavy atom. The molecule has 0 atom stereocenters. The summed E-state index contributed by atoms with van der Waals surface area (Å²) in [5.74, 6) is 0.823. The number of benzene rings is 2. The lowest BCUT2D eigenvalue weighted by molar-refractivity contribution is -0.696. The van der Waals surface area contributed by atoms with E-state index < -0.39 is 0 Å². The monoisotopic (exact) mass is 718 g/mol. The SMILES string of the molecule is CCCCCCCCCn1c(=O)c2c(-c3ccccc3)nc(-c3ccc[n+](CCCCCCCCC)c3)n2c2ccccc21.[I-]. The first-order valence-corrected chi connectivity index (χ1v) is 17.3. The number of para-hydroxylation sites is 2. The number of pyridine rings is 1. The van der Waals surface area contributed by atoms with Crippen molar-refractivity contribution < 1.29 is 28.5 Å². The predicted molar refractivity (Wildman–Crippen MR) is 184 cm³/mol. The quantitative estimate of drug-likeness (QED) is 0.0571. The van der Waals surface area contributed by atoms with Crippen LogP contribution in [0.5, 0.6) is 0 Å². The fourth-order valence-corrected chi connectivity index (χ4v) is 6.46. The lowest BCUT2D eigenvalue weighted by Crippen LogP contribution is -3.00. The van der Waals surface area contributed by atoms with Gasteiger partial charge in [-0.25, -0.2) is 9.55 Å². The minimum atomic E-state index is 0. The van der Waals surface area contributed by atoms with Crippen LogP contribution in [0.2, 0.25) is 0 Å². The van der Waals surface area contributed by atoms with Crippen LogP contribution in [0.1, 0.15) is 104 Å². The molecule has 3 aromatic heterocycles. The molecule has 45 heavy (non-hydrogen) atoms. The van der Waals surface area contributed by atoms with Crippen molar-refractivity contribution in [3.8, 4) is 22.6 Å². The maximum Gasteiger partial charge on any atom is 0.277 e. The molecule has 5 aromatic rings. The maximum atomic E-state index is 14.4. The largest absolute Gasteiger partial charge is 1.00 e. The summed E-state index contributed by atoms with van der Waals surface area (Å²) in [6.45, 7) is 6.24. The second kappa shape index (κ2) is 18.2. The number of nitrogens with zero attached hydrogens (tertiary/aromatic N) is 4. The first-order valence-electron chi connectivity index (χ1n) is 17.3. The minimum absolute atomic E-state index is 0. The Labute approximate surface area is 286 Å². The van der Waals surface area contributed by atoms with E-state index in [4.69, 9.17) is 4.98 Å². The molecule has 6 heteroatoms. The van der Waals surface area contributed by atoms with Crippen molar-refractivity contribution in [1.82, 2.24) is 14.0 Å². The Bertz CT molecular complexity index is 1670. The second-order valence-corrected chi connectivity index (χ2v) is 12.4. The predicted octanol–water partition coefficient (Wildman–Crippen LogP) is 6.78. The van der Waals surface area contributed by atoms with Crippen LogP contribution >= 0.6 is 0 Å². The summed E-state index contributed by atoms with van der Waals surface area (Å²) >= 11 is 0. The zero-order valence-corrected chi connectivity index (χ0v) is 29.6. The number of halogens is 1.